The minimum Gasteiger partial charge on any atom is -0.406 e. The standard InChI is InChI=1S/C13H13F3N4O2S/c1-9(21)3-2-8-23-12-17-18-19-20(12)10-4-6-11(7-5-10)22-13(14,15)16/h4-7H,2-3,8H2,1H3. The summed E-state index contributed by atoms with van der Waals surface area (Å²) < 4.78 is 41.6. The SMILES string of the molecule is CC(=O)CCCSc1nnnn1-c1ccc(OC(F)(F)F)cc1. The van der Waals surface area contributed by atoms with Crippen LogP contribution >= 0.6 is 11.8 Å². The Balaban J connectivity index is 2.02. The van der Waals surface area contributed by atoms with Crippen LogP contribution in [0.4, 0.5) is 13.2 Å². The number of thioether (sulfide) groups is 1. The maximum Gasteiger partial charge on any atom is 0.573 e. The molecule has 6 nitrogen and oxygen atoms in total. The number of nitrogens with zero attached hydrogens (tertiary/aromatic N) is 4. The van der Waals surface area contributed by atoms with Gasteiger partial charge in [-0.05, 0) is 48.0 Å². The summed E-state index contributed by atoms with van der Waals surface area (Å²) >= 11 is 1.37. The Morgan fingerprint density at radius 3 is 2.61 bits per heavy atom. The molecule has 0 unspecified atom stereocenters. The largest absolute Gasteiger partial charge is 0.573 e. The molecule has 0 amide bonds. The highest BCUT2D eigenvalue weighted by atomic mass is 32.2. The van der Waals surface area contributed by atoms with Gasteiger partial charge in [0.1, 0.15) is 11.5 Å². The number of aromatic nitrogens is 4. The summed E-state index contributed by atoms with van der Waals surface area (Å²) in [7, 11) is 0. The predicted octanol–water partition coefficient (Wildman–Crippen LogP) is 3.02. The van der Waals surface area contributed by atoms with E-state index in [0.717, 1.165) is 0 Å². The van der Waals surface area contributed by atoms with Crippen LogP contribution in [-0.2, 0) is 4.79 Å². The van der Waals surface area contributed by atoms with E-state index in [1.54, 1.807) is 0 Å². The Hall–Kier alpha value is -2.10. The number of hydrogen-bond donors (Lipinski definition) is 0. The zero-order valence-electron chi connectivity index (χ0n) is 12.1. The maximum absolute atomic E-state index is 12.1. The number of carbonyl (C=O) groups excluding carboxylic acids is 1. The summed E-state index contributed by atoms with van der Waals surface area (Å²) in [6.07, 6.45) is -3.54. The molecular weight excluding hydrogens is 333 g/mol. The van der Waals surface area contributed by atoms with Crippen molar-refractivity contribution in [3.05, 3.63) is 24.3 Å². The number of tetrazole rings is 1. The molecule has 0 saturated heterocycles. The molecule has 0 saturated carbocycles. The predicted molar refractivity (Wildman–Crippen MR) is 76.5 cm³/mol. The number of hydrogen-bond acceptors (Lipinski definition) is 6. The lowest BCUT2D eigenvalue weighted by atomic mass is 10.3. The van der Waals surface area contributed by atoms with Gasteiger partial charge in [0.25, 0.3) is 0 Å². The maximum atomic E-state index is 12.1. The lowest BCUT2D eigenvalue weighted by molar-refractivity contribution is -0.274. The molecule has 0 aliphatic carbocycles. The number of alkyl halides is 3. The van der Waals surface area contributed by atoms with Gasteiger partial charge in [-0.1, -0.05) is 11.8 Å². The smallest absolute Gasteiger partial charge is 0.406 e. The van der Waals surface area contributed by atoms with Gasteiger partial charge in [-0.3, -0.25) is 0 Å². The van der Waals surface area contributed by atoms with Crippen molar-refractivity contribution >= 4 is 17.5 Å². The van der Waals surface area contributed by atoms with E-state index in [9.17, 15) is 18.0 Å². The highest BCUT2D eigenvalue weighted by Gasteiger charge is 2.31. The van der Waals surface area contributed by atoms with Gasteiger partial charge in [-0.15, -0.1) is 18.3 Å². The topological polar surface area (TPSA) is 69.9 Å². The molecule has 0 radical (unpaired) electrons. The van der Waals surface area contributed by atoms with Gasteiger partial charge in [0.05, 0.1) is 5.69 Å². The number of carbonyl (C=O) groups is 1. The minimum absolute atomic E-state index is 0.116. The second-order valence-corrected chi connectivity index (χ2v) is 5.63. The highest BCUT2D eigenvalue weighted by molar-refractivity contribution is 7.99. The van der Waals surface area contributed by atoms with Crippen LogP contribution in [-0.4, -0.2) is 38.1 Å². The lowest BCUT2D eigenvalue weighted by Crippen LogP contribution is -2.17. The van der Waals surface area contributed by atoms with E-state index < -0.39 is 6.36 Å². The molecule has 0 atom stereocenters. The second kappa shape index (κ2) is 7.44. The molecule has 0 aliphatic heterocycles. The summed E-state index contributed by atoms with van der Waals surface area (Å²) in [6, 6.07) is 5.23. The van der Waals surface area contributed by atoms with Crippen LogP contribution in [0.3, 0.4) is 0 Å². The lowest BCUT2D eigenvalue weighted by Gasteiger charge is -2.09. The van der Waals surface area contributed by atoms with E-state index in [1.807, 2.05) is 0 Å². The van der Waals surface area contributed by atoms with E-state index in [4.69, 9.17) is 0 Å². The summed E-state index contributed by atoms with van der Waals surface area (Å²) in [5.74, 6) is 0.463. The van der Waals surface area contributed by atoms with Crippen LogP contribution in [0.2, 0.25) is 0 Å². The molecule has 2 rings (SSSR count). The number of Topliss-reactive ketones (excluding diaryl/α,β-unsaturated/α-hetero) is 1. The number of ether oxygens (including phenoxy) is 1. The fourth-order valence-corrected chi connectivity index (χ4v) is 2.53. The Kier molecular flexibility index (Phi) is 5.59. The van der Waals surface area contributed by atoms with Gasteiger partial charge >= 0.3 is 6.36 Å². The van der Waals surface area contributed by atoms with Crippen molar-refractivity contribution in [2.75, 3.05) is 5.75 Å². The molecular formula is C13H13F3N4O2S. The average Bonchev–Trinajstić information content (AvgIpc) is 2.91. The quantitative estimate of drug-likeness (QED) is 0.567. The van der Waals surface area contributed by atoms with Gasteiger partial charge < -0.3 is 9.53 Å². The molecule has 2 aromatic rings. The summed E-state index contributed by atoms with van der Waals surface area (Å²) in [5.41, 5.74) is 0.513. The van der Waals surface area contributed by atoms with Crippen LogP contribution in [0.5, 0.6) is 5.75 Å². The Morgan fingerprint density at radius 1 is 1.30 bits per heavy atom. The highest BCUT2D eigenvalue weighted by Crippen LogP contribution is 2.25. The third kappa shape index (κ3) is 5.55. The first kappa shape index (κ1) is 17.3. The molecule has 0 aliphatic rings. The number of benzene rings is 1. The van der Waals surface area contributed by atoms with Gasteiger partial charge in [0, 0.05) is 12.2 Å². The molecule has 10 heteroatoms. The summed E-state index contributed by atoms with van der Waals surface area (Å²) in [6.45, 7) is 1.53. The Morgan fingerprint density at radius 2 is 2.00 bits per heavy atom. The van der Waals surface area contributed by atoms with E-state index >= 15 is 0 Å². The first-order valence-electron chi connectivity index (χ1n) is 6.62. The van der Waals surface area contributed by atoms with E-state index in [1.165, 1.54) is 47.6 Å². The van der Waals surface area contributed by atoms with Crippen molar-refractivity contribution in [2.45, 2.75) is 31.3 Å². The van der Waals surface area contributed by atoms with Crippen molar-refractivity contribution in [3.63, 3.8) is 0 Å². The van der Waals surface area contributed by atoms with Gasteiger partial charge in [0.2, 0.25) is 5.16 Å². The molecule has 1 aromatic heterocycles. The third-order valence-corrected chi connectivity index (χ3v) is 3.67. The average molecular weight is 346 g/mol. The van der Waals surface area contributed by atoms with Crippen molar-refractivity contribution in [2.24, 2.45) is 0 Å². The molecule has 0 fully saturated rings. The molecule has 1 heterocycles. The fourth-order valence-electron chi connectivity index (χ4n) is 1.70. The first-order valence-corrected chi connectivity index (χ1v) is 7.60. The molecule has 0 spiro atoms. The van der Waals surface area contributed by atoms with Crippen molar-refractivity contribution in [3.8, 4) is 11.4 Å². The van der Waals surface area contributed by atoms with Gasteiger partial charge in [0.15, 0.2) is 0 Å². The van der Waals surface area contributed by atoms with Crippen molar-refractivity contribution < 1.29 is 22.7 Å². The van der Waals surface area contributed by atoms with E-state index in [0.29, 0.717) is 29.4 Å². The van der Waals surface area contributed by atoms with Crippen molar-refractivity contribution in [1.82, 2.24) is 20.2 Å². The van der Waals surface area contributed by atoms with Crippen LogP contribution in [0.1, 0.15) is 19.8 Å². The third-order valence-electron chi connectivity index (χ3n) is 2.66. The van der Waals surface area contributed by atoms with Gasteiger partial charge in [-0.25, -0.2) is 0 Å². The van der Waals surface area contributed by atoms with E-state index in [-0.39, 0.29) is 11.5 Å². The zero-order valence-corrected chi connectivity index (χ0v) is 12.9. The number of rotatable bonds is 7. The molecule has 124 valence electrons. The van der Waals surface area contributed by atoms with Crippen LogP contribution < -0.4 is 4.74 Å². The first-order chi connectivity index (χ1) is 10.8. The van der Waals surface area contributed by atoms with Crippen LogP contribution in [0.15, 0.2) is 29.4 Å². The van der Waals surface area contributed by atoms with Crippen LogP contribution in [0, 0.1) is 0 Å². The monoisotopic (exact) mass is 346 g/mol. The fraction of sp³-hybridized carbons (Fsp3) is 0.385. The van der Waals surface area contributed by atoms with Gasteiger partial charge in [-0.2, -0.15) is 4.68 Å². The van der Waals surface area contributed by atoms with E-state index in [2.05, 4.69) is 20.3 Å². The molecule has 23 heavy (non-hydrogen) atoms. The molecule has 0 bridgehead atoms. The second-order valence-electron chi connectivity index (χ2n) is 4.57. The summed E-state index contributed by atoms with van der Waals surface area (Å²) in [5, 5.41) is 11.7. The molecule has 0 N–H and O–H groups in total. The summed E-state index contributed by atoms with van der Waals surface area (Å²) in [4.78, 5) is 10.9. The van der Waals surface area contributed by atoms with Crippen LogP contribution in [0.25, 0.3) is 5.69 Å². The normalized spacial score (nSPS) is 11.5. The zero-order chi connectivity index (χ0) is 16.9. The minimum atomic E-state index is -4.73. The molecule has 1 aromatic carbocycles. The van der Waals surface area contributed by atoms with Crippen molar-refractivity contribution in [1.29, 1.82) is 0 Å². The Labute approximate surface area is 134 Å². The number of halogens is 3. The number of ketones is 1. The Bertz CT molecular complexity index is 658.